The lowest BCUT2D eigenvalue weighted by Crippen LogP contribution is -2.61. The van der Waals surface area contributed by atoms with Crippen LogP contribution in [0.1, 0.15) is 128 Å². The van der Waals surface area contributed by atoms with Gasteiger partial charge in [-0.1, -0.05) is 0 Å². The number of nitrogens with zero attached hydrogens (tertiary/aromatic N) is 2. The zero-order valence-corrected chi connectivity index (χ0v) is 40.6. The van der Waals surface area contributed by atoms with Gasteiger partial charge in [-0.15, -0.1) is 0 Å². The summed E-state index contributed by atoms with van der Waals surface area (Å²) in [4.78, 5) is 29.5. The molecule has 0 aromatic heterocycles. The smallest absolute Gasteiger partial charge is 0.317 e. The number of likely N-dealkylation sites (tertiary alicyclic amines) is 2. The summed E-state index contributed by atoms with van der Waals surface area (Å²) in [6, 6.07) is 3.86. The van der Waals surface area contributed by atoms with Gasteiger partial charge in [0, 0.05) is 77.1 Å². The third-order valence-electron chi connectivity index (χ3n) is 11.6. The van der Waals surface area contributed by atoms with Gasteiger partial charge in [0.2, 0.25) is 20.0 Å². The number of carbonyl (C=O) groups is 2. The van der Waals surface area contributed by atoms with Crippen LogP contribution in [0.4, 0.5) is 11.4 Å². The molecule has 1 aromatic rings. The summed E-state index contributed by atoms with van der Waals surface area (Å²) in [7, 11) is -3.00. The summed E-state index contributed by atoms with van der Waals surface area (Å²) < 4.78 is 83.0. The van der Waals surface area contributed by atoms with Crippen molar-refractivity contribution in [2.24, 2.45) is 0 Å². The Morgan fingerprint density at radius 2 is 1.00 bits per heavy atom. The Hall–Kier alpha value is -2.55. The van der Waals surface area contributed by atoms with Crippen molar-refractivity contribution in [2.75, 3.05) is 36.1 Å². The second-order valence-corrected chi connectivity index (χ2v) is 24.9. The van der Waals surface area contributed by atoms with E-state index in [0.717, 1.165) is 51.0 Å². The third kappa shape index (κ3) is 16.0. The van der Waals surface area contributed by atoms with Crippen molar-refractivity contribution >= 4 is 54.6 Å². The minimum Gasteiger partial charge on any atom is -0.462 e. The second-order valence-electron chi connectivity index (χ2n) is 20.5. The Bertz CT molecular complexity index is 1770. The molecule has 3 saturated heterocycles. The lowest BCUT2D eigenvalue weighted by molar-refractivity contribution is -0.169. The highest BCUT2D eigenvalue weighted by molar-refractivity contribution is 7.92. The van der Waals surface area contributed by atoms with E-state index in [2.05, 4.69) is 126 Å². The molecule has 16 nitrogen and oxygen atoms in total. The molecule has 0 amide bonds. The zero-order chi connectivity index (χ0) is 45.4. The maximum Gasteiger partial charge on any atom is 0.317 e. The van der Waals surface area contributed by atoms with Gasteiger partial charge in [0.25, 0.3) is 11.3 Å². The number of esters is 2. The molecule has 340 valence electrons. The monoisotopic (exact) mass is 892 g/mol. The summed E-state index contributed by atoms with van der Waals surface area (Å²) in [6.45, 7) is 25.5. The number of hydrogen-bond donors (Lipinski definition) is 4. The van der Waals surface area contributed by atoms with E-state index in [9.17, 15) is 30.6 Å². The van der Waals surface area contributed by atoms with Crippen LogP contribution in [0.2, 0.25) is 0 Å². The van der Waals surface area contributed by atoms with Crippen molar-refractivity contribution in [3.63, 3.8) is 0 Å². The van der Waals surface area contributed by atoms with Crippen LogP contribution in [0.5, 0.6) is 5.75 Å². The molecule has 4 N–H and O–H groups in total. The van der Waals surface area contributed by atoms with E-state index in [-0.39, 0.29) is 75.0 Å². The van der Waals surface area contributed by atoms with Crippen molar-refractivity contribution in [3.8, 4) is 5.75 Å². The van der Waals surface area contributed by atoms with Crippen LogP contribution >= 0.6 is 0 Å². The minimum absolute atomic E-state index is 0.0353. The standard InChI is InChI=1S/C23H42N2O4.C17H30N4O6S3/c1-20(2)12-16(13-21(3,4)24(20)9)28-18(26)11-19(27)29-17-14-22(5,6)25(10)23(7,8)15-17;1-16(2)10-14(11-17(3,4)21-16)18-28(22)27-15-8-12(19-29(5,23)24)7-13(9-15)20-30(6,25)26/h16-17H,11-15H2,1-10H3;7-9,14,18-21H,10-11H2,1-6H3. The largest absolute Gasteiger partial charge is 0.462 e. The predicted molar refractivity (Wildman–Crippen MR) is 234 cm³/mol. The van der Waals surface area contributed by atoms with Crippen LogP contribution in [0, 0.1) is 0 Å². The molecule has 3 aliphatic rings. The van der Waals surface area contributed by atoms with Crippen LogP contribution in [0.3, 0.4) is 0 Å². The van der Waals surface area contributed by atoms with Crippen LogP contribution in [0.25, 0.3) is 0 Å². The number of anilines is 2. The third-order valence-corrected chi connectivity index (χ3v) is 13.6. The molecule has 59 heavy (non-hydrogen) atoms. The maximum atomic E-state index is 12.6. The van der Waals surface area contributed by atoms with Gasteiger partial charge in [-0.2, -0.15) is 4.21 Å². The Kier molecular flexibility index (Phi) is 15.5. The van der Waals surface area contributed by atoms with Crippen molar-refractivity contribution in [2.45, 2.75) is 180 Å². The average Bonchev–Trinajstić information content (AvgIpc) is 2.94. The zero-order valence-electron chi connectivity index (χ0n) is 38.1. The number of ether oxygens (including phenoxy) is 2. The Labute approximate surface area is 356 Å². The van der Waals surface area contributed by atoms with Crippen molar-refractivity contribution < 1.29 is 44.3 Å². The molecule has 0 aliphatic carbocycles. The Balaban J connectivity index is 0.000000316. The topological polar surface area (TPSA) is 202 Å². The number of piperidine rings is 3. The molecule has 1 aromatic carbocycles. The van der Waals surface area contributed by atoms with Gasteiger partial charge in [-0.3, -0.25) is 28.8 Å². The number of nitrogens with one attached hydrogen (secondary N) is 4. The summed E-state index contributed by atoms with van der Waals surface area (Å²) in [5.41, 5.74) is -0.455. The molecule has 3 aliphatic heterocycles. The Morgan fingerprint density at radius 1 is 0.661 bits per heavy atom. The number of benzene rings is 1. The lowest BCUT2D eigenvalue weighted by Gasteiger charge is -2.53. The fraction of sp³-hybridized carbons (Fsp3) is 0.800. The molecule has 0 saturated carbocycles. The number of sulfonamides is 2. The molecule has 1 atom stereocenters. The number of carbonyl (C=O) groups excluding carboxylic acids is 2. The molecular weight excluding hydrogens is 821 g/mol. The molecule has 19 heteroatoms. The van der Waals surface area contributed by atoms with Crippen molar-refractivity contribution in [1.29, 1.82) is 0 Å². The van der Waals surface area contributed by atoms with Crippen LogP contribution in [-0.4, -0.2) is 121 Å². The fourth-order valence-corrected chi connectivity index (χ4v) is 11.0. The Morgan fingerprint density at radius 3 is 1.32 bits per heavy atom. The normalized spacial score (nSPS) is 23.8. The highest BCUT2D eigenvalue weighted by atomic mass is 32.2. The molecule has 0 radical (unpaired) electrons. The summed E-state index contributed by atoms with van der Waals surface area (Å²) in [6.07, 6.45) is 5.71. The first-order chi connectivity index (χ1) is 26.4. The van der Waals surface area contributed by atoms with Crippen LogP contribution in [-0.2, 0) is 50.4 Å². The van der Waals surface area contributed by atoms with Gasteiger partial charge in [0.15, 0.2) is 0 Å². The van der Waals surface area contributed by atoms with E-state index in [4.69, 9.17) is 13.7 Å². The van der Waals surface area contributed by atoms with Crippen LogP contribution < -0.4 is 23.7 Å². The summed E-state index contributed by atoms with van der Waals surface area (Å²) in [5, 5.41) is 3.53. The number of hydrogen-bond acceptors (Lipinski definition) is 13. The van der Waals surface area contributed by atoms with E-state index < -0.39 is 43.3 Å². The molecule has 4 rings (SSSR count). The van der Waals surface area contributed by atoms with E-state index in [1.807, 2.05) is 0 Å². The second kappa shape index (κ2) is 18.0. The molecule has 1 unspecified atom stereocenters. The molecule has 0 bridgehead atoms. The first kappa shape index (κ1) is 50.8. The molecular formula is C40H72N6O10S3. The van der Waals surface area contributed by atoms with E-state index in [1.165, 1.54) is 18.2 Å². The van der Waals surface area contributed by atoms with E-state index in [0.29, 0.717) is 0 Å². The van der Waals surface area contributed by atoms with Gasteiger partial charge in [0.1, 0.15) is 24.4 Å². The summed E-state index contributed by atoms with van der Waals surface area (Å²) >= 11 is -1.93. The highest BCUT2D eigenvalue weighted by Gasteiger charge is 2.46. The van der Waals surface area contributed by atoms with Crippen LogP contribution in [0.15, 0.2) is 18.2 Å². The quantitative estimate of drug-likeness (QED) is 0.161. The average molecular weight is 893 g/mol. The fourth-order valence-electron chi connectivity index (χ4n) is 9.15. The summed E-state index contributed by atoms with van der Waals surface area (Å²) in [5.74, 6) is -0.932. The molecule has 0 spiro atoms. The molecule has 3 fully saturated rings. The van der Waals surface area contributed by atoms with Crippen molar-refractivity contribution in [1.82, 2.24) is 19.8 Å². The lowest BCUT2D eigenvalue weighted by atomic mass is 9.78. The first-order valence-electron chi connectivity index (χ1n) is 20.0. The first-order valence-corrected chi connectivity index (χ1v) is 24.9. The molecule has 3 heterocycles. The SMILES string of the molecule is CC1(C)CC(NS(=O)Oc2cc(NS(C)(=O)=O)cc(NS(C)(=O)=O)c2)CC(C)(C)N1.CN1C(C)(C)CC(OC(=O)CC(=O)OC2CC(C)(C)N(C)C(C)(C)C2)CC1(C)C. The van der Waals surface area contributed by atoms with Gasteiger partial charge in [-0.05, 0) is 116 Å². The van der Waals surface area contributed by atoms with Gasteiger partial charge in [0.05, 0.1) is 23.9 Å². The van der Waals surface area contributed by atoms with E-state index >= 15 is 0 Å². The minimum atomic E-state index is -3.61. The highest BCUT2D eigenvalue weighted by Crippen LogP contribution is 2.40. The predicted octanol–water partition coefficient (Wildman–Crippen LogP) is 5.05. The van der Waals surface area contributed by atoms with Gasteiger partial charge >= 0.3 is 11.9 Å². The number of rotatable bonds is 12. The van der Waals surface area contributed by atoms with Crippen molar-refractivity contribution in [3.05, 3.63) is 18.2 Å². The van der Waals surface area contributed by atoms with E-state index in [1.54, 1.807) is 0 Å². The van der Waals surface area contributed by atoms with Gasteiger partial charge < -0.3 is 19.0 Å². The van der Waals surface area contributed by atoms with Gasteiger partial charge in [-0.25, -0.2) is 21.6 Å². The maximum absolute atomic E-state index is 12.6.